The quantitative estimate of drug-likeness (QED) is 0.266. The van der Waals surface area contributed by atoms with Crippen LogP contribution in [0.5, 0.6) is 5.75 Å². The molecule has 0 bridgehead atoms. The molecule has 1 aromatic carbocycles. The second kappa shape index (κ2) is 9.90. The molecule has 0 radical (unpaired) electrons. The molecule has 11 heteroatoms. The predicted octanol–water partition coefficient (Wildman–Crippen LogP) is 5.62. The fourth-order valence-corrected chi connectivity index (χ4v) is 5.81. The zero-order valence-corrected chi connectivity index (χ0v) is 22.3. The monoisotopic (exact) mass is 642 g/mol. The van der Waals surface area contributed by atoms with Crippen LogP contribution in [0.2, 0.25) is 0 Å². The van der Waals surface area contributed by atoms with Gasteiger partial charge in [0.2, 0.25) is 0 Å². The average molecular weight is 645 g/mol. The van der Waals surface area contributed by atoms with Crippen LogP contribution in [0.1, 0.15) is 24.0 Å². The highest BCUT2D eigenvalue weighted by molar-refractivity contribution is 9.11. The molecule has 0 atom stereocenters. The number of carbonyl (C=O) groups excluding carboxylic acids is 1. The van der Waals surface area contributed by atoms with Crippen LogP contribution in [-0.4, -0.2) is 25.7 Å². The van der Waals surface area contributed by atoms with Crippen molar-refractivity contribution in [3.63, 3.8) is 0 Å². The van der Waals surface area contributed by atoms with Crippen molar-refractivity contribution in [1.29, 1.82) is 0 Å². The summed E-state index contributed by atoms with van der Waals surface area (Å²) in [6, 6.07) is 7.39. The molecule has 4 rings (SSSR count). The Bertz CT molecular complexity index is 1200. The highest BCUT2D eigenvalue weighted by Crippen LogP contribution is 2.37. The molecule has 1 N–H and O–H groups in total. The summed E-state index contributed by atoms with van der Waals surface area (Å²) < 4.78 is 16.0. The Morgan fingerprint density at radius 3 is 2.69 bits per heavy atom. The van der Waals surface area contributed by atoms with E-state index >= 15 is 0 Å². The molecular formula is C21H17Br3N4O3S. The highest BCUT2D eigenvalue weighted by Gasteiger charge is 2.31. The molecule has 1 fully saturated rings. The van der Waals surface area contributed by atoms with E-state index in [1.807, 2.05) is 31.3 Å². The van der Waals surface area contributed by atoms with Gasteiger partial charge in [0.1, 0.15) is 29.6 Å². The predicted molar refractivity (Wildman–Crippen MR) is 135 cm³/mol. The summed E-state index contributed by atoms with van der Waals surface area (Å²) in [5.41, 5.74) is 1.27. The van der Waals surface area contributed by atoms with E-state index in [0.29, 0.717) is 34.6 Å². The molecule has 3 aromatic rings. The first-order valence-corrected chi connectivity index (χ1v) is 12.3. The van der Waals surface area contributed by atoms with Crippen molar-refractivity contribution in [1.82, 2.24) is 20.0 Å². The number of nitrogens with zero attached hydrogens (tertiary/aromatic N) is 3. The van der Waals surface area contributed by atoms with Gasteiger partial charge in [0.15, 0.2) is 5.11 Å². The maximum atomic E-state index is 12.8. The Labute approximate surface area is 215 Å². The molecule has 0 spiro atoms. The molecule has 166 valence electrons. The second-order valence-corrected chi connectivity index (χ2v) is 9.89. The molecule has 1 aliphatic rings. The summed E-state index contributed by atoms with van der Waals surface area (Å²) in [6.45, 7) is 3.36. The van der Waals surface area contributed by atoms with Gasteiger partial charge in [-0.25, -0.2) is 0 Å². The van der Waals surface area contributed by atoms with Crippen molar-refractivity contribution in [2.24, 2.45) is 0 Å². The standard InChI is InChI=1S/C21H17Br3N4O3S/c1-2-27-9-12(8-25-27)10-28-20(29)18(26-21(28)32)7-14-3-4-15(31-14)11-30-19-16(23)5-13(22)6-17(19)24/h3-9H,2,10-11H2,1H3,(H,26,32)/b18-7+. The van der Waals surface area contributed by atoms with Crippen molar-refractivity contribution in [2.45, 2.75) is 26.6 Å². The number of aromatic nitrogens is 2. The van der Waals surface area contributed by atoms with Gasteiger partial charge in [-0.1, -0.05) is 15.9 Å². The van der Waals surface area contributed by atoms with Crippen LogP contribution in [0, 0.1) is 0 Å². The maximum Gasteiger partial charge on any atom is 0.276 e. The number of benzene rings is 1. The van der Waals surface area contributed by atoms with E-state index in [1.165, 1.54) is 4.90 Å². The number of thiocarbonyl (C=S) groups is 1. The van der Waals surface area contributed by atoms with Crippen molar-refractivity contribution < 1.29 is 13.9 Å². The maximum absolute atomic E-state index is 12.8. The molecule has 7 nitrogen and oxygen atoms in total. The molecule has 1 aliphatic heterocycles. The van der Waals surface area contributed by atoms with Gasteiger partial charge in [0, 0.05) is 28.9 Å². The van der Waals surface area contributed by atoms with Crippen molar-refractivity contribution >= 4 is 77.1 Å². The minimum Gasteiger partial charge on any atom is -0.483 e. The fraction of sp³-hybridized carbons (Fsp3) is 0.190. The Kier molecular flexibility index (Phi) is 7.18. The first kappa shape index (κ1) is 23.2. The van der Waals surface area contributed by atoms with E-state index < -0.39 is 0 Å². The first-order valence-electron chi connectivity index (χ1n) is 9.56. The van der Waals surface area contributed by atoms with Gasteiger partial charge < -0.3 is 14.5 Å². The van der Waals surface area contributed by atoms with Crippen LogP contribution in [0.25, 0.3) is 6.08 Å². The average Bonchev–Trinajstić information content (AvgIpc) is 3.44. The van der Waals surface area contributed by atoms with E-state index in [-0.39, 0.29) is 12.5 Å². The molecule has 0 saturated carbocycles. The molecule has 0 aliphatic carbocycles. The summed E-state index contributed by atoms with van der Waals surface area (Å²) in [5, 5.41) is 7.55. The van der Waals surface area contributed by atoms with Crippen molar-refractivity contribution in [3.05, 3.63) is 72.9 Å². The summed E-state index contributed by atoms with van der Waals surface area (Å²) >= 11 is 15.8. The van der Waals surface area contributed by atoms with Crippen LogP contribution in [-0.2, 0) is 24.5 Å². The number of amides is 1. The number of ether oxygens (including phenoxy) is 1. The minimum atomic E-state index is -0.212. The summed E-state index contributed by atoms with van der Waals surface area (Å²) in [7, 11) is 0. The molecule has 32 heavy (non-hydrogen) atoms. The van der Waals surface area contributed by atoms with Crippen molar-refractivity contribution in [3.8, 4) is 5.75 Å². The third kappa shape index (κ3) is 5.16. The van der Waals surface area contributed by atoms with Gasteiger partial charge in [0.25, 0.3) is 5.91 Å². The largest absolute Gasteiger partial charge is 0.483 e. The molecule has 1 amide bonds. The lowest BCUT2D eigenvalue weighted by Crippen LogP contribution is -2.29. The third-order valence-corrected chi connectivity index (χ3v) is 6.56. The minimum absolute atomic E-state index is 0.212. The van der Waals surface area contributed by atoms with Gasteiger partial charge in [-0.3, -0.25) is 14.4 Å². The lowest BCUT2D eigenvalue weighted by atomic mass is 10.3. The lowest BCUT2D eigenvalue weighted by molar-refractivity contribution is -0.122. The number of nitrogens with one attached hydrogen (secondary N) is 1. The second-order valence-electron chi connectivity index (χ2n) is 6.88. The first-order chi connectivity index (χ1) is 15.3. The number of hydrogen-bond acceptors (Lipinski definition) is 5. The Balaban J connectivity index is 1.42. The number of rotatable bonds is 7. The van der Waals surface area contributed by atoms with Gasteiger partial charge in [0.05, 0.1) is 21.7 Å². The number of hydrogen-bond donors (Lipinski definition) is 1. The molecule has 3 heterocycles. The zero-order valence-electron chi connectivity index (χ0n) is 16.8. The van der Waals surface area contributed by atoms with Gasteiger partial charge in [-0.05, 0) is 75.3 Å². The van der Waals surface area contributed by atoms with Crippen LogP contribution in [0.4, 0.5) is 0 Å². The highest BCUT2D eigenvalue weighted by atomic mass is 79.9. The third-order valence-electron chi connectivity index (χ3n) is 4.60. The number of furan rings is 1. The van der Waals surface area contributed by atoms with Crippen molar-refractivity contribution in [2.75, 3.05) is 0 Å². The number of halogens is 3. The Morgan fingerprint density at radius 1 is 1.25 bits per heavy atom. The summed E-state index contributed by atoms with van der Waals surface area (Å²) in [6.07, 6.45) is 5.28. The molecule has 1 saturated heterocycles. The topological polar surface area (TPSA) is 72.5 Å². The Morgan fingerprint density at radius 2 is 2.00 bits per heavy atom. The lowest BCUT2D eigenvalue weighted by Gasteiger charge is -2.12. The number of aryl methyl sites for hydroxylation is 1. The molecule has 0 unspecified atom stereocenters. The van der Waals surface area contributed by atoms with Gasteiger partial charge in [-0.15, -0.1) is 0 Å². The number of carbonyl (C=O) groups is 1. The fourth-order valence-electron chi connectivity index (χ4n) is 3.06. The van der Waals surface area contributed by atoms with Crippen LogP contribution in [0.3, 0.4) is 0 Å². The van der Waals surface area contributed by atoms with Crippen LogP contribution in [0.15, 0.2) is 60.2 Å². The van der Waals surface area contributed by atoms with Crippen LogP contribution < -0.4 is 10.1 Å². The van der Waals surface area contributed by atoms with E-state index in [2.05, 4.69) is 58.2 Å². The van der Waals surface area contributed by atoms with Gasteiger partial charge >= 0.3 is 0 Å². The summed E-state index contributed by atoms with van der Waals surface area (Å²) in [5.74, 6) is 1.60. The molecular weight excluding hydrogens is 628 g/mol. The Hall–Kier alpha value is -1.95. The van der Waals surface area contributed by atoms with E-state index in [9.17, 15) is 4.79 Å². The smallest absolute Gasteiger partial charge is 0.276 e. The van der Waals surface area contributed by atoms with Gasteiger partial charge in [-0.2, -0.15) is 5.10 Å². The summed E-state index contributed by atoms with van der Waals surface area (Å²) in [4.78, 5) is 14.3. The SMILES string of the molecule is CCn1cc(CN2C(=O)/C(=C\c3ccc(COc4c(Br)cc(Br)cc4Br)o3)NC2=S)cn1. The molecule has 2 aromatic heterocycles. The van der Waals surface area contributed by atoms with Crippen LogP contribution >= 0.6 is 60.0 Å². The van der Waals surface area contributed by atoms with E-state index in [0.717, 1.165) is 25.5 Å². The zero-order chi connectivity index (χ0) is 22.8. The van der Waals surface area contributed by atoms with E-state index in [4.69, 9.17) is 21.4 Å². The van der Waals surface area contributed by atoms with E-state index in [1.54, 1.807) is 23.0 Å². The normalized spacial score (nSPS) is 15.0.